The Morgan fingerprint density at radius 3 is 2.82 bits per heavy atom. The fraction of sp³-hybridized carbons (Fsp3) is 0.273. The largest absolute Gasteiger partial charge is 0.504 e. The Bertz CT molecular complexity index is 475. The Hall–Kier alpha value is -1.69. The fourth-order valence-electron chi connectivity index (χ4n) is 1.59. The number of methoxy groups -OCH3 is 1. The van der Waals surface area contributed by atoms with Crippen molar-refractivity contribution in [2.75, 3.05) is 7.11 Å². The number of hydrogen-bond donors (Lipinski definition) is 2. The zero-order valence-corrected chi connectivity index (χ0v) is 9.91. The minimum Gasteiger partial charge on any atom is -0.504 e. The van der Waals surface area contributed by atoms with Gasteiger partial charge in [-0.2, -0.15) is 0 Å². The predicted molar refractivity (Wildman–Crippen MR) is 63.3 cm³/mol. The number of phenols is 1. The van der Waals surface area contributed by atoms with Gasteiger partial charge in [0.25, 0.3) is 5.24 Å². The molecule has 6 heteroatoms. The second-order valence-electron chi connectivity index (χ2n) is 3.59. The highest BCUT2D eigenvalue weighted by molar-refractivity contribution is 8.15. The summed E-state index contributed by atoms with van der Waals surface area (Å²) in [6.45, 7) is 0. The molecule has 0 unspecified atom stereocenters. The number of thioether (sulfide) groups is 1. The van der Waals surface area contributed by atoms with Crippen LogP contribution in [-0.4, -0.2) is 28.6 Å². The van der Waals surface area contributed by atoms with Crippen LogP contribution in [0, 0.1) is 0 Å². The number of carbonyl (C=O) groups is 2. The smallest absolute Gasteiger partial charge is 0.286 e. The van der Waals surface area contributed by atoms with Crippen LogP contribution in [0.3, 0.4) is 0 Å². The van der Waals surface area contributed by atoms with Crippen molar-refractivity contribution < 1.29 is 19.4 Å². The molecule has 1 aromatic carbocycles. The van der Waals surface area contributed by atoms with Crippen molar-refractivity contribution >= 4 is 22.9 Å². The lowest BCUT2D eigenvalue weighted by molar-refractivity contribution is -0.118. The monoisotopic (exact) mass is 253 g/mol. The van der Waals surface area contributed by atoms with E-state index in [0.717, 1.165) is 17.3 Å². The topological polar surface area (TPSA) is 75.6 Å². The zero-order chi connectivity index (χ0) is 12.4. The molecule has 1 fully saturated rings. The molecule has 0 radical (unpaired) electrons. The molecule has 0 spiro atoms. The summed E-state index contributed by atoms with van der Waals surface area (Å²) >= 11 is 0.983. The van der Waals surface area contributed by atoms with Gasteiger partial charge in [0.15, 0.2) is 11.5 Å². The maximum Gasteiger partial charge on any atom is 0.286 e. The highest BCUT2D eigenvalue weighted by atomic mass is 32.2. The third-order valence-corrected chi connectivity index (χ3v) is 3.41. The first kappa shape index (κ1) is 11.8. The van der Waals surface area contributed by atoms with Crippen LogP contribution in [0.25, 0.3) is 0 Å². The molecule has 0 aliphatic carbocycles. The number of phenolic OH excluding ortho intramolecular Hbond substituents is 1. The standard InChI is InChI=1S/C11H11NO4S/c1-16-8-4-6(2-3-7(8)13)5-9-10(14)12-11(15)17-9/h2-4,9,13H,5H2,1H3,(H,12,14,15)/t9-/m0/s1. The average molecular weight is 253 g/mol. The molecule has 1 atom stereocenters. The zero-order valence-electron chi connectivity index (χ0n) is 9.10. The van der Waals surface area contributed by atoms with Crippen LogP contribution in [0.5, 0.6) is 11.5 Å². The summed E-state index contributed by atoms with van der Waals surface area (Å²) in [5, 5.41) is 10.9. The van der Waals surface area contributed by atoms with Gasteiger partial charge in [-0.1, -0.05) is 17.8 Å². The van der Waals surface area contributed by atoms with Crippen LogP contribution < -0.4 is 10.1 Å². The van der Waals surface area contributed by atoms with Crippen molar-refractivity contribution in [1.82, 2.24) is 5.32 Å². The van der Waals surface area contributed by atoms with E-state index >= 15 is 0 Å². The molecule has 1 heterocycles. The summed E-state index contributed by atoms with van der Waals surface area (Å²) in [5.41, 5.74) is 0.835. The molecule has 17 heavy (non-hydrogen) atoms. The third-order valence-electron chi connectivity index (χ3n) is 2.43. The first-order valence-corrected chi connectivity index (χ1v) is 5.85. The molecule has 5 nitrogen and oxygen atoms in total. The Morgan fingerprint density at radius 1 is 1.47 bits per heavy atom. The number of rotatable bonds is 3. The van der Waals surface area contributed by atoms with E-state index in [1.54, 1.807) is 12.1 Å². The predicted octanol–water partition coefficient (Wildman–Crippen LogP) is 1.29. The highest BCUT2D eigenvalue weighted by Gasteiger charge is 2.31. The molecule has 2 rings (SSSR count). The van der Waals surface area contributed by atoms with Crippen LogP contribution in [0.15, 0.2) is 18.2 Å². The Kier molecular flexibility index (Phi) is 3.23. The highest BCUT2D eigenvalue weighted by Crippen LogP contribution is 2.29. The van der Waals surface area contributed by atoms with Crippen LogP contribution in [0.4, 0.5) is 4.79 Å². The molecular formula is C11H11NO4S. The Labute approximate surface area is 102 Å². The van der Waals surface area contributed by atoms with E-state index in [9.17, 15) is 14.7 Å². The summed E-state index contributed by atoms with van der Waals surface area (Å²) in [4.78, 5) is 22.4. The van der Waals surface area contributed by atoms with Gasteiger partial charge in [0.05, 0.1) is 12.4 Å². The molecule has 0 saturated carbocycles. The normalized spacial score (nSPS) is 19.2. The SMILES string of the molecule is COc1cc(C[C@@H]2SC(=O)NC2=O)ccc1O. The molecule has 0 aromatic heterocycles. The Balaban J connectivity index is 2.14. The number of amides is 2. The van der Waals surface area contributed by atoms with Crippen molar-refractivity contribution in [3.05, 3.63) is 23.8 Å². The number of carbonyl (C=O) groups excluding carboxylic acids is 2. The van der Waals surface area contributed by atoms with Gasteiger partial charge in [0.1, 0.15) is 0 Å². The van der Waals surface area contributed by atoms with Crippen LogP contribution >= 0.6 is 11.8 Å². The molecule has 2 N–H and O–H groups in total. The number of nitrogens with one attached hydrogen (secondary N) is 1. The minimum atomic E-state index is -0.406. The summed E-state index contributed by atoms with van der Waals surface area (Å²) in [6, 6.07) is 4.87. The van der Waals surface area contributed by atoms with Gasteiger partial charge in [-0.15, -0.1) is 0 Å². The van der Waals surface area contributed by atoms with Crippen molar-refractivity contribution in [1.29, 1.82) is 0 Å². The van der Waals surface area contributed by atoms with Gasteiger partial charge in [-0.3, -0.25) is 14.9 Å². The third kappa shape index (κ3) is 2.52. The van der Waals surface area contributed by atoms with Crippen molar-refractivity contribution in [3.63, 3.8) is 0 Å². The van der Waals surface area contributed by atoms with Crippen molar-refractivity contribution in [2.45, 2.75) is 11.7 Å². The van der Waals surface area contributed by atoms with E-state index < -0.39 is 5.25 Å². The van der Waals surface area contributed by atoms with Gasteiger partial charge < -0.3 is 9.84 Å². The summed E-state index contributed by atoms with van der Waals surface area (Å²) in [7, 11) is 1.46. The lowest BCUT2D eigenvalue weighted by atomic mass is 10.1. The van der Waals surface area contributed by atoms with Crippen LogP contribution in [0.1, 0.15) is 5.56 Å². The number of aromatic hydroxyl groups is 1. The van der Waals surface area contributed by atoms with E-state index in [2.05, 4.69) is 5.32 Å². The molecule has 1 aromatic rings. The number of hydrogen-bond acceptors (Lipinski definition) is 5. The summed E-state index contributed by atoms with van der Waals surface area (Å²) in [6.07, 6.45) is 0.429. The molecular weight excluding hydrogens is 242 g/mol. The van der Waals surface area contributed by atoms with Gasteiger partial charge in [0, 0.05) is 0 Å². The van der Waals surface area contributed by atoms with Gasteiger partial charge in [0.2, 0.25) is 5.91 Å². The number of imide groups is 1. The average Bonchev–Trinajstić information content (AvgIpc) is 2.60. The summed E-state index contributed by atoms with van der Waals surface area (Å²) < 4.78 is 4.97. The van der Waals surface area contributed by atoms with E-state index in [1.165, 1.54) is 13.2 Å². The summed E-state index contributed by atoms with van der Waals surface area (Å²) in [5.74, 6) is 0.139. The van der Waals surface area contributed by atoms with Crippen LogP contribution in [0.2, 0.25) is 0 Å². The van der Waals surface area contributed by atoms with Crippen LogP contribution in [-0.2, 0) is 11.2 Å². The molecule has 1 saturated heterocycles. The first-order valence-electron chi connectivity index (χ1n) is 4.97. The van der Waals surface area contributed by atoms with Gasteiger partial charge in [-0.25, -0.2) is 0 Å². The second-order valence-corrected chi connectivity index (χ2v) is 4.77. The minimum absolute atomic E-state index is 0.0517. The quantitative estimate of drug-likeness (QED) is 0.849. The van der Waals surface area contributed by atoms with E-state index in [-0.39, 0.29) is 16.9 Å². The second kappa shape index (κ2) is 4.67. The van der Waals surface area contributed by atoms with Gasteiger partial charge in [-0.05, 0) is 24.1 Å². The van der Waals surface area contributed by atoms with E-state index in [4.69, 9.17) is 4.74 Å². The maximum absolute atomic E-state index is 11.4. The van der Waals surface area contributed by atoms with Crippen molar-refractivity contribution in [2.24, 2.45) is 0 Å². The lowest BCUT2D eigenvalue weighted by Gasteiger charge is -2.08. The molecule has 1 aliphatic heterocycles. The molecule has 0 bridgehead atoms. The maximum atomic E-state index is 11.4. The fourth-order valence-corrected chi connectivity index (χ4v) is 2.45. The van der Waals surface area contributed by atoms with E-state index in [0.29, 0.717) is 12.2 Å². The van der Waals surface area contributed by atoms with Crippen molar-refractivity contribution in [3.8, 4) is 11.5 Å². The molecule has 90 valence electrons. The van der Waals surface area contributed by atoms with E-state index in [1.807, 2.05) is 0 Å². The number of benzene rings is 1. The Morgan fingerprint density at radius 2 is 2.24 bits per heavy atom. The van der Waals surface area contributed by atoms with Gasteiger partial charge >= 0.3 is 0 Å². The number of ether oxygens (including phenoxy) is 1. The first-order chi connectivity index (χ1) is 8.10. The molecule has 1 aliphatic rings. The molecule has 2 amide bonds. The lowest BCUT2D eigenvalue weighted by Crippen LogP contribution is -2.25.